The highest BCUT2D eigenvalue weighted by Crippen LogP contribution is 2.33. The number of nitrogens with one attached hydrogen (secondary N) is 1. The van der Waals surface area contributed by atoms with Crippen molar-refractivity contribution in [1.29, 1.82) is 5.26 Å². The second-order valence-electron chi connectivity index (χ2n) is 4.34. The topological polar surface area (TPSA) is 54.3 Å². The van der Waals surface area contributed by atoms with Gasteiger partial charge in [0.2, 0.25) is 0 Å². The first-order valence-corrected chi connectivity index (χ1v) is 7.11. The maximum atomic E-state index is 8.78. The van der Waals surface area contributed by atoms with Crippen LogP contribution in [0.5, 0.6) is 11.5 Å². The molecule has 1 N–H and O–H groups in total. The predicted octanol–water partition coefficient (Wildman–Crippen LogP) is 3.95. The van der Waals surface area contributed by atoms with Crippen LogP contribution >= 0.6 is 15.9 Å². The van der Waals surface area contributed by atoms with Gasteiger partial charge in [-0.15, -0.1) is 0 Å². The Kier molecular flexibility index (Phi) is 5.07. The number of nitrogens with zero attached hydrogens (tertiary/aromatic N) is 1. The van der Waals surface area contributed by atoms with Crippen molar-refractivity contribution in [2.75, 3.05) is 19.5 Å². The first kappa shape index (κ1) is 15.2. The molecule has 108 valence electrons. The highest BCUT2D eigenvalue weighted by molar-refractivity contribution is 9.10. The van der Waals surface area contributed by atoms with E-state index in [0.717, 1.165) is 15.7 Å². The van der Waals surface area contributed by atoms with Crippen LogP contribution in [0.4, 0.5) is 5.69 Å². The zero-order valence-corrected chi connectivity index (χ0v) is 13.4. The minimum Gasteiger partial charge on any atom is -0.493 e. The van der Waals surface area contributed by atoms with Gasteiger partial charge in [-0.2, -0.15) is 5.26 Å². The molecule has 2 aromatic rings. The first-order chi connectivity index (χ1) is 10.2. The zero-order valence-electron chi connectivity index (χ0n) is 11.8. The molecule has 0 radical (unpaired) electrons. The molecule has 0 aliphatic carbocycles. The van der Waals surface area contributed by atoms with Crippen LogP contribution in [-0.2, 0) is 6.54 Å². The Hall–Kier alpha value is -2.19. The van der Waals surface area contributed by atoms with Crippen LogP contribution in [0.1, 0.15) is 11.1 Å². The summed E-state index contributed by atoms with van der Waals surface area (Å²) in [6.07, 6.45) is 0. The summed E-state index contributed by atoms with van der Waals surface area (Å²) in [5.74, 6) is 1.38. The predicted molar refractivity (Wildman–Crippen MR) is 85.7 cm³/mol. The lowest BCUT2D eigenvalue weighted by Crippen LogP contribution is -2.01. The molecule has 0 fully saturated rings. The molecule has 0 bridgehead atoms. The Morgan fingerprint density at radius 2 is 1.71 bits per heavy atom. The number of hydrogen-bond acceptors (Lipinski definition) is 4. The van der Waals surface area contributed by atoms with Gasteiger partial charge in [-0.3, -0.25) is 0 Å². The number of methoxy groups -OCH3 is 2. The standard InChI is InChI=1S/C16H15BrN2O2/c1-20-15-7-12(14(17)8-16(15)21-2)10-19-13-5-3-11(9-18)4-6-13/h3-8,19H,10H2,1-2H3. The van der Waals surface area contributed by atoms with E-state index in [9.17, 15) is 0 Å². The van der Waals surface area contributed by atoms with Gasteiger partial charge in [0.15, 0.2) is 11.5 Å². The molecule has 0 aliphatic heterocycles. The second kappa shape index (κ2) is 7.00. The minimum absolute atomic E-state index is 0.632. The molecule has 0 heterocycles. The lowest BCUT2D eigenvalue weighted by atomic mass is 10.2. The number of hydrogen-bond donors (Lipinski definition) is 1. The Bertz CT molecular complexity index is 663. The maximum Gasteiger partial charge on any atom is 0.161 e. The average Bonchev–Trinajstić information content (AvgIpc) is 2.53. The minimum atomic E-state index is 0.632. The van der Waals surface area contributed by atoms with Crippen LogP contribution in [0, 0.1) is 11.3 Å². The summed E-state index contributed by atoms with van der Waals surface area (Å²) in [6.45, 7) is 0.632. The Morgan fingerprint density at radius 1 is 1.10 bits per heavy atom. The van der Waals surface area contributed by atoms with Crippen molar-refractivity contribution in [1.82, 2.24) is 0 Å². The third-order valence-electron chi connectivity index (χ3n) is 3.05. The number of benzene rings is 2. The number of ether oxygens (including phenoxy) is 2. The van der Waals surface area contributed by atoms with E-state index in [-0.39, 0.29) is 0 Å². The van der Waals surface area contributed by atoms with Crippen molar-refractivity contribution in [3.8, 4) is 17.6 Å². The fourth-order valence-electron chi connectivity index (χ4n) is 1.89. The van der Waals surface area contributed by atoms with E-state index in [1.165, 1.54) is 0 Å². The number of nitriles is 1. The summed E-state index contributed by atoms with van der Waals surface area (Å²) >= 11 is 3.53. The van der Waals surface area contributed by atoms with Gasteiger partial charge >= 0.3 is 0 Å². The smallest absolute Gasteiger partial charge is 0.161 e. The molecule has 2 aromatic carbocycles. The third-order valence-corrected chi connectivity index (χ3v) is 3.79. The molecule has 0 amide bonds. The van der Waals surface area contributed by atoms with Gasteiger partial charge in [-0.25, -0.2) is 0 Å². The molecule has 0 atom stereocenters. The van der Waals surface area contributed by atoms with Gasteiger partial charge in [-0.1, -0.05) is 15.9 Å². The van der Waals surface area contributed by atoms with Crippen molar-refractivity contribution >= 4 is 21.6 Å². The van der Waals surface area contributed by atoms with E-state index in [1.807, 2.05) is 24.3 Å². The van der Waals surface area contributed by atoms with E-state index >= 15 is 0 Å². The van der Waals surface area contributed by atoms with Crippen molar-refractivity contribution in [2.24, 2.45) is 0 Å². The van der Waals surface area contributed by atoms with Crippen LogP contribution in [0.2, 0.25) is 0 Å². The zero-order chi connectivity index (χ0) is 15.2. The quantitative estimate of drug-likeness (QED) is 0.890. The molecule has 0 spiro atoms. The fraction of sp³-hybridized carbons (Fsp3) is 0.188. The SMILES string of the molecule is COc1cc(Br)c(CNc2ccc(C#N)cc2)cc1OC. The van der Waals surface area contributed by atoms with E-state index in [2.05, 4.69) is 27.3 Å². The van der Waals surface area contributed by atoms with Gasteiger partial charge in [0.05, 0.1) is 25.9 Å². The average molecular weight is 347 g/mol. The van der Waals surface area contributed by atoms with E-state index < -0.39 is 0 Å². The normalized spacial score (nSPS) is 9.81. The summed E-state index contributed by atoms with van der Waals surface area (Å²) in [7, 11) is 3.22. The van der Waals surface area contributed by atoms with Gasteiger partial charge in [0.1, 0.15) is 0 Å². The largest absolute Gasteiger partial charge is 0.493 e. The fourth-order valence-corrected chi connectivity index (χ4v) is 2.35. The molecule has 2 rings (SSSR count). The van der Waals surface area contributed by atoms with Crippen molar-refractivity contribution in [3.63, 3.8) is 0 Å². The molecule has 4 nitrogen and oxygen atoms in total. The van der Waals surface area contributed by atoms with Crippen molar-refractivity contribution in [3.05, 3.63) is 52.0 Å². The molecule has 0 unspecified atom stereocenters. The van der Waals surface area contributed by atoms with Crippen LogP contribution in [-0.4, -0.2) is 14.2 Å². The highest BCUT2D eigenvalue weighted by Gasteiger charge is 2.09. The molecule has 21 heavy (non-hydrogen) atoms. The number of halogens is 1. The monoisotopic (exact) mass is 346 g/mol. The molecule has 0 aliphatic rings. The van der Waals surface area contributed by atoms with Crippen molar-refractivity contribution in [2.45, 2.75) is 6.54 Å². The van der Waals surface area contributed by atoms with E-state index in [0.29, 0.717) is 23.6 Å². The Balaban J connectivity index is 2.14. The van der Waals surface area contributed by atoms with Crippen LogP contribution in [0.3, 0.4) is 0 Å². The van der Waals surface area contributed by atoms with Gasteiger partial charge in [-0.05, 0) is 42.0 Å². The highest BCUT2D eigenvalue weighted by atomic mass is 79.9. The van der Waals surface area contributed by atoms with Crippen molar-refractivity contribution < 1.29 is 9.47 Å². The first-order valence-electron chi connectivity index (χ1n) is 6.32. The summed E-state index contributed by atoms with van der Waals surface area (Å²) in [4.78, 5) is 0. The summed E-state index contributed by atoms with van der Waals surface area (Å²) in [5.41, 5.74) is 2.65. The number of rotatable bonds is 5. The Labute approximate surface area is 132 Å². The van der Waals surface area contributed by atoms with Crippen LogP contribution in [0.25, 0.3) is 0 Å². The summed E-state index contributed by atoms with van der Waals surface area (Å²) in [5, 5.41) is 12.1. The third kappa shape index (κ3) is 3.67. The lowest BCUT2D eigenvalue weighted by Gasteiger charge is -2.13. The molecular weight excluding hydrogens is 332 g/mol. The number of anilines is 1. The Morgan fingerprint density at radius 3 is 2.29 bits per heavy atom. The maximum absolute atomic E-state index is 8.78. The molecule has 5 heteroatoms. The van der Waals surface area contributed by atoms with Gasteiger partial charge in [0.25, 0.3) is 0 Å². The molecule has 0 aromatic heterocycles. The van der Waals surface area contributed by atoms with Crippen LogP contribution < -0.4 is 14.8 Å². The summed E-state index contributed by atoms with van der Waals surface area (Å²) < 4.78 is 11.5. The van der Waals surface area contributed by atoms with Gasteiger partial charge in [0, 0.05) is 16.7 Å². The van der Waals surface area contributed by atoms with Crippen LogP contribution in [0.15, 0.2) is 40.9 Å². The van der Waals surface area contributed by atoms with E-state index in [1.54, 1.807) is 26.4 Å². The summed E-state index contributed by atoms with van der Waals surface area (Å²) in [6, 6.07) is 13.2. The van der Waals surface area contributed by atoms with Gasteiger partial charge < -0.3 is 14.8 Å². The molecular formula is C16H15BrN2O2. The molecule has 0 saturated carbocycles. The molecule has 0 saturated heterocycles. The second-order valence-corrected chi connectivity index (χ2v) is 5.20. The lowest BCUT2D eigenvalue weighted by molar-refractivity contribution is 0.354. The van der Waals surface area contributed by atoms with E-state index in [4.69, 9.17) is 14.7 Å².